The highest BCUT2D eigenvalue weighted by molar-refractivity contribution is 5.72. The van der Waals surface area contributed by atoms with Gasteiger partial charge in [-0.25, -0.2) is 4.79 Å². The van der Waals surface area contributed by atoms with Gasteiger partial charge < -0.3 is 23.8 Å². The Bertz CT molecular complexity index is 905. The molecule has 0 radical (unpaired) electrons. The smallest absolute Gasteiger partial charge is 0.362 e. The van der Waals surface area contributed by atoms with E-state index in [4.69, 9.17) is 14.2 Å². The Morgan fingerprint density at radius 2 is 0.772 bits per heavy atom. The molecule has 0 bridgehead atoms. The number of ether oxygens (including phenoxy) is 3. The van der Waals surface area contributed by atoms with Crippen molar-refractivity contribution in [3.63, 3.8) is 0 Å². The number of carbonyl (C=O) groups excluding carboxylic acids is 2. The molecule has 0 fully saturated rings. The number of carbonyl (C=O) groups is 3. The van der Waals surface area contributed by atoms with E-state index in [-0.39, 0.29) is 36.2 Å². The Balaban J connectivity index is 4.20. The lowest BCUT2D eigenvalue weighted by molar-refractivity contribution is -0.887. The predicted molar refractivity (Wildman–Crippen MR) is 239 cm³/mol. The Labute approximate surface area is 353 Å². The van der Waals surface area contributed by atoms with Gasteiger partial charge in [0.2, 0.25) is 0 Å². The number of rotatable bonds is 45. The van der Waals surface area contributed by atoms with Crippen molar-refractivity contribution < 1.29 is 38.2 Å². The Kier molecular flexibility index (Phi) is 39.9. The summed E-state index contributed by atoms with van der Waals surface area (Å²) in [4.78, 5) is 37.1. The van der Waals surface area contributed by atoms with Crippen molar-refractivity contribution in [2.24, 2.45) is 0 Å². The first-order chi connectivity index (χ1) is 27.6. The summed E-state index contributed by atoms with van der Waals surface area (Å²) in [6.45, 7) is 4.79. The molecule has 2 atom stereocenters. The SMILES string of the molecule is CCCCCCCCCCCCCCCCCCCCCC(=O)OCC(COCCC(C(=O)O)[N+](C)(C)C)OC(=O)CCCCCCCCCCCCCCCC. The maximum atomic E-state index is 12.7. The van der Waals surface area contributed by atoms with E-state index in [1.54, 1.807) is 0 Å². The van der Waals surface area contributed by atoms with Crippen LogP contribution in [0.5, 0.6) is 0 Å². The lowest BCUT2D eigenvalue weighted by atomic mass is 10.0. The van der Waals surface area contributed by atoms with Crippen LogP contribution in [0.25, 0.3) is 0 Å². The van der Waals surface area contributed by atoms with E-state index in [1.165, 1.54) is 173 Å². The van der Waals surface area contributed by atoms with Crippen molar-refractivity contribution in [2.45, 2.75) is 257 Å². The van der Waals surface area contributed by atoms with Crippen LogP contribution in [0.3, 0.4) is 0 Å². The molecule has 0 heterocycles. The van der Waals surface area contributed by atoms with Crippen molar-refractivity contribution >= 4 is 17.9 Å². The number of hydrogen-bond donors (Lipinski definition) is 1. The standard InChI is InChI=1S/C49H95NO7/c1-6-8-10-12-14-16-18-20-22-23-24-25-26-28-29-31-33-35-37-39-47(51)56-44-45(43-55-42-41-46(49(53)54)50(3,4)5)57-48(52)40-38-36-34-32-30-27-21-19-17-15-13-11-9-7-2/h45-46H,6-44H2,1-5H3/p+1. The summed E-state index contributed by atoms with van der Waals surface area (Å²) in [5, 5.41) is 9.63. The molecule has 0 aliphatic heterocycles. The Morgan fingerprint density at radius 1 is 0.456 bits per heavy atom. The van der Waals surface area contributed by atoms with Gasteiger partial charge in [0.05, 0.1) is 34.4 Å². The molecule has 8 heteroatoms. The summed E-state index contributed by atoms with van der Waals surface area (Å²) in [5.41, 5.74) is 0. The molecule has 8 nitrogen and oxygen atoms in total. The van der Waals surface area contributed by atoms with Crippen LogP contribution < -0.4 is 0 Å². The predicted octanol–water partition coefficient (Wildman–Crippen LogP) is 13.7. The van der Waals surface area contributed by atoms with Crippen LogP contribution in [-0.4, -0.2) is 80.6 Å². The van der Waals surface area contributed by atoms with Gasteiger partial charge in [0.25, 0.3) is 0 Å². The highest BCUT2D eigenvalue weighted by atomic mass is 16.6. The first-order valence-corrected chi connectivity index (χ1v) is 24.6. The number of likely N-dealkylation sites (N-methyl/N-ethyl adjacent to an activating group) is 1. The molecule has 0 rings (SSSR count). The van der Waals surface area contributed by atoms with Gasteiger partial charge in [-0.15, -0.1) is 0 Å². The average Bonchev–Trinajstić information content (AvgIpc) is 3.17. The number of carboxylic acid groups (broad SMARTS) is 1. The third-order valence-corrected chi connectivity index (χ3v) is 11.5. The van der Waals surface area contributed by atoms with Gasteiger partial charge in [-0.05, 0) is 12.8 Å². The minimum atomic E-state index is -0.869. The molecular formula is C49H96NO7+. The molecule has 0 aliphatic rings. The number of nitrogens with zero attached hydrogens (tertiary/aromatic N) is 1. The first kappa shape index (κ1) is 55.3. The fraction of sp³-hybridized carbons (Fsp3) is 0.939. The second kappa shape index (κ2) is 41.1. The van der Waals surface area contributed by atoms with E-state index in [0.29, 0.717) is 19.3 Å². The summed E-state index contributed by atoms with van der Waals surface area (Å²) in [6.07, 6.45) is 42.9. The summed E-state index contributed by atoms with van der Waals surface area (Å²) < 4.78 is 17.3. The zero-order chi connectivity index (χ0) is 42.1. The molecule has 0 aromatic heterocycles. The Hall–Kier alpha value is -1.67. The second-order valence-electron chi connectivity index (χ2n) is 18.1. The van der Waals surface area contributed by atoms with Crippen LogP contribution in [-0.2, 0) is 28.6 Å². The average molecular weight is 811 g/mol. The van der Waals surface area contributed by atoms with Gasteiger partial charge in [0.1, 0.15) is 6.61 Å². The summed E-state index contributed by atoms with van der Waals surface area (Å²) in [7, 11) is 5.55. The van der Waals surface area contributed by atoms with Gasteiger partial charge in [0, 0.05) is 19.3 Å². The molecule has 338 valence electrons. The molecule has 0 amide bonds. The summed E-state index contributed by atoms with van der Waals surface area (Å²) in [6, 6.07) is -0.608. The normalized spacial score (nSPS) is 12.8. The van der Waals surface area contributed by atoms with E-state index < -0.39 is 18.1 Å². The first-order valence-electron chi connectivity index (χ1n) is 24.6. The van der Waals surface area contributed by atoms with Crippen LogP contribution in [0, 0.1) is 0 Å². The zero-order valence-electron chi connectivity index (χ0n) is 38.6. The van der Waals surface area contributed by atoms with Crippen LogP contribution in [0.15, 0.2) is 0 Å². The van der Waals surface area contributed by atoms with E-state index in [9.17, 15) is 19.5 Å². The molecule has 0 saturated heterocycles. The van der Waals surface area contributed by atoms with Gasteiger partial charge in [-0.3, -0.25) is 9.59 Å². The van der Waals surface area contributed by atoms with Gasteiger partial charge >= 0.3 is 17.9 Å². The molecule has 0 aliphatic carbocycles. The van der Waals surface area contributed by atoms with Crippen molar-refractivity contribution in [3.8, 4) is 0 Å². The van der Waals surface area contributed by atoms with Gasteiger partial charge in [-0.1, -0.05) is 213 Å². The molecule has 0 aromatic carbocycles. The molecule has 0 spiro atoms. The van der Waals surface area contributed by atoms with Crippen molar-refractivity contribution in [2.75, 3.05) is 41.0 Å². The van der Waals surface area contributed by atoms with Gasteiger partial charge in [0.15, 0.2) is 12.1 Å². The molecule has 2 unspecified atom stereocenters. The number of esters is 2. The summed E-state index contributed by atoms with van der Waals surface area (Å²) in [5.74, 6) is -1.44. The fourth-order valence-corrected chi connectivity index (χ4v) is 7.68. The van der Waals surface area contributed by atoms with E-state index >= 15 is 0 Å². The monoisotopic (exact) mass is 811 g/mol. The van der Waals surface area contributed by atoms with Crippen LogP contribution >= 0.6 is 0 Å². The van der Waals surface area contributed by atoms with E-state index in [0.717, 1.165) is 38.5 Å². The van der Waals surface area contributed by atoms with Crippen molar-refractivity contribution in [3.05, 3.63) is 0 Å². The number of unbranched alkanes of at least 4 members (excludes halogenated alkanes) is 31. The summed E-state index contributed by atoms with van der Waals surface area (Å²) >= 11 is 0. The fourth-order valence-electron chi connectivity index (χ4n) is 7.68. The van der Waals surface area contributed by atoms with E-state index in [1.807, 2.05) is 21.1 Å². The highest BCUT2D eigenvalue weighted by Gasteiger charge is 2.31. The van der Waals surface area contributed by atoms with Crippen molar-refractivity contribution in [1.29, 1.82) is 0 Å². The Morgan fingerprint density at radius 3 is 1.09 bits per heavy atom. The number of hydrogen-bond acceptors (Lipinski definition) is 6. The van der Waals surface area contributed by atoms with Crippen molar-refractivity contribution in [1.82, 2.24) is 0 Å². The molecular weight excluding hydrogens is 715 g/mol. The maximum absolute atomic E-state index is 12.7. The zero-order valence-corrected chi connectivity index (χ0v) is 38.6. The molecule has 0 aromatic rings. The topological polar surface area (TPSA) is 99.1 Å². The third kappa shape index (κ3) is 39.6. The number of carboxylic acids is 1. The number of aliphatic carboxylic acids is 1. The number of quaternary nitrogens is 1. The highest BCUT2D eigenvalue weighted by Crippen LogP contribution is 2.17. The quantitative estimate of drug-likeness (QED) is 0.0371. The molecule has 57 heavy (non-hydrogen) atoms. The third-order valence-electron chi connectivity index (χ3n) is 11.5. The second-order valence-corrected chi connectivity index (χ2v) is 18.1. The molecule has 1 N–H and O–H groups in total. The minimum absolute atomic E-state index is 0.0415. The largest absolute Gasteiger partial charge is 0.477 e. The van der Waals surface area contributed by atoms with Crippen LogP contribution in [0.4, 0.5) is 0 Å². The van der Waals surface area contributed by atoms with E-state index in [2.05, 4.69) is 13.8 Å². The van der Waals surface area contributed by atoms with Crippen LogP contribution in [0.2, 0.25) is 0 Å². The van der Waals surface area contributed by atoms with Crippen LogP contribution in [0.1, 0.15) is 245 Å². The lowest BCUT2D eigenvalue weighted by Crippen LogP contribution is -2.50. The maximum Gasteiger partial charge on any atom is 0.362 e. The van der Waals surface area contributed by atoms with Gasteiger partial charge in [-0.2, -0.15) is 0 Å². The lowest BCUT2D eigenvalue weighted by Gasteiger charge is -2.31. The minimum Gasteiger partial charge on any atom is -0.477 e. The molecule has 0 saturated carbocycles.